The summed E-state index contributed by atoms with van der Waals surface area (Å²) in [6.07, 6.45) is 12.0. The van der Waals surface area contributed by atoms with E-state index in [1.165, 1.54) is 25.7 Å². The molecule has 0 aromatic rings. The molecule has 0 aliphatic carbocycles. The Balaban J connectivity index is -0.000000405. The predicted octanol–water partition coefficient (Wildman–Crippen LogP) is 0.360. The van der Waals surface area contributed by atoms with Crippen molar-refractivity contribution in [3.8, 4) is 0 Å². The van der Waals surface area contributed by atoms with Crippen molar-refractivity contribution in [2.45, 2.75) is 45.4 Å². The summed E-state index contributed by atoms with van der Waals surface area (Å²) in [5.74, 6) is 0. The van der Waals surface area contributed by atoms with E-state index in [1.807, 2.05) is 0 Å². The second-order valence-electron chi connectivity index (χ2n) is 2.61. The Labute approximate surface area is 99.8 Å². The molecule has 0 nitrogen and oxygen atoms in total. The van der Waals surface area contributed by atoms with Crippen LogP contribution in [0.1, 0.15) is 45.4 Å². The van der Waals surface area contributed by atoms with E-state index < -0.39 is 0 Å². The molecule has 12 heavy (non-hydrogen) atoms. The van der Waals surface area contributed by atoms with Gasteiger partial charge in [-0.2, -0.15) is 6.42 Å². The number of rotatable bonds is 6. The molecule has 0 unspecified atom stereocenters. The fourth-order valence-corrected chi connectivity index (χ4v) is 0.866. The quantitative estimate of drug-likeness (QED) is 0.251. The number of hydrogen-bond acceptors (Lipinski definition) is 0. The summed E-state index contributed by atoms with van der Waals surface area (Å²) in [5.41, 5.74) is 0. The Morgan fingerprint density at radius 2 is 1.67 bits per heavy atom. The second-order valence-corrected chi connectivity index (χ2v) is 2.61. The molecule has 0 aliphatic heterocycles. The van der Waals surface area contributed by atoms with E-state index in [-0.39, 0.29) is 35.5 Å². The summed E-state index contributed by atoms with van der Waals surface area (Å²) in [6, 6.07) is 0. The third-order valence-electron chi connectivity index (χ3n) is 1.51. The van der Waals surface area contributed by atoms with Crippen LogP contribution in [0.4, 0.5) is 0 Å². The summed E-state index contributed by atoms with van der Waals surface area (Å²) in [5, 5.41) is 0. The van der Waals surface area contributed by atoms with Crippen molar-refractivity contribution in [1.29, 1.82) is 0 Å². The molecule has 0 amide bonds. The Morgan fingerprint density at radius 3 is 2.17 bits per heavy atom. The summed E-state index contributed by atoms with van der Waals surface area (Å²) >= 11 is 0. The van der Waals surface area contributed by atoms with Crippen LogP contribution in [0, 0.1) is 6.92 Å². The molecule has 0 spiro atoms. The smallest absolute Gasteiger partial charge is 1.00 e. The zero-order valence-electron chi connectivity index (χ0n) is 8.19. The minimum Gasteiger partial charge on any atom is -1.00 e. The Kier molecular flexibility index (Phi) is 27.5. The van der Waals surface area contributed by atoms with E-state index in [2.05, 4.69) is 26.0 Å². The van der Waals surface area contributed by atoms with E-state index in [9.17, 15) is 0 Å². The number of allylic oxidation sites excluding steroid dienone is 2. The largest absolute Gasteiger partial charge is 2.00 e. The topological polar surface area (TPSA) is 0 Å². The van der Waals surface area contributed by atoms with Gasteiger partial charge in [0.05, 0.1) is 0 Å². The van der Waals surface area contributed by atoms with Crippen molar-refractivity contribution in [2.75, 3.05) is 0 Å². The van der Waals surface area contributed by atoms with Crippen molar-refractivity contribution in [3.05, 3.63) is 19.1 Å². The van der Waals surface area contributed by atoms with Gasteiger partial charge in [0.1, 0.15) is 0 Å². The molecule has 0 atom stereocenters. The van der Waals surface area contributed by atoms with E-state index in [0.29, 0.717) is 0 Å². The normalized spacial score (nSPS) is 9.17. The van der Waals surface area contributed by atoms with Crippen LogP contribution in [0.2, 0.25) is 0 Å². The average molecular weight is 199 g/mol. The zero-order chi connectivity index (χ0) is 7.66. The molecule has 0 aromatic heterocycles. The molecule has 0 fully saturated rings. The van der Waals surface area contributed by atoms with Gasteiger partial charge in [0.15, 0.2) is 0 Å². The Morgan fingerprint density at radius 1 is 1.08 bits per heavy atom. The average Bonchev–Trinajstić information content (AvgIpc) is 1.97. The molecule has 0 heterocycles. The van der Waals surface area contributed by atoms with Crippen LogP contribution in [-0.4, -0.2) is 23.1 Å². The van der Waals surface area contributed by atoms with E-state index >= 15 is 0 Å². The fourth-order valence-electron chi connectivity index (χ4n) is 0.866. The summed E-state index contributed by atoms with van der Waals surface area (Å²) < 4.78 is 0. The summed E-state index contributed by atoms with van der Waals surface area (Å²) in [6.45, 7) is 6.00. The molecular formula is C10H19ClMg. The van der Waals surface area contributed by atoms with Crippen molar-refractivity contribution in [3.63, 3.8) is 0 Å². The molecule has 0 rings (SSSR count). The van der Waals surface area contributed by atoms with Gasteiger partial charge in [-0.3, -0.25) is 0 Å². The molecule has 0 saturated heterocycles. The molecular weight excluding hydrogens is 180 g/mol. The molecule has 0 saturated carbocycles. The molecule has 0 bridgehead atoms. The standard InChI is InChI=1S/C10H19.ClH.Mg/c1-3-5-7-9-10-8-6-4-2;;/h7,9H,1,3-6,8,10H2,2H3;1H;/q-1;;+2/p-1/b9-7-;;. The first-order chi connectivity index (χ1) is 4.91. The van der Waals surface area contributed by atoms with Gasteiger partial charge in [-0.05, 0) is 12.8 Å². The van der Waals surface area contributed by atoms with Gasteiger partial charge in [-0.15, -0.1) is 0 Å². The van der Waals surface area contributed by atoms with Crippen LogP contribution >= 0.6 is 0 Å². The van der Waals surface area contributed by atoms with Crippen molar-refractivity contribution < 1.29 is 12.4 Å². The monoisotopic (exact) mass is 198 g/mol. The number of halogens is 1. The molecule has 0 radical (unpaired) electrons. The zero-order valence-corrected chi connectivity index (χ0v) is 10.4. The van der Waals surface area contributed by atoms with Gasteiger partial charge >= 0.3 is 23.1 Å². The Bertz CT molecular complexity index is 81.9. The van der Waals surface area contributed by atoms with Gasteiger partial charge in [0.25, 0.3) is 0 Å². The molecule has 68 valence electrons. The summed E-state index contributed by atoms with van der Waals surface area (Å²) in [7, 11) is 0. The first kappa shape index (κ1) is 18.6. The third kappa shape index (κ3) is 17.0. The molecule has 0 aromatic carbocycles. The number of unbranched alkanes of at least 4 members (excludes halogenated alkanes) is 4. The second kappa shape index (κ2) is 17.8. The minimum absolute atomic E-state index is 0. The molecule has 0 N–H and O–H groups in total. The van der Waals surface area contributed by atoms with Crippen LogP contribution < -0.4 is 12.4 Å². The van der Waals surface area contributed by atoms with Crippen LogP contribution in [0.25, 0.3) is 0 Å². The van der Waals surface area contributed by atoms with E-state index in [4.69, 9.17) is 0 Å². The SMILES string of the molecule is [CH2-]CC/C=C\CCCCC.[Cl-].[Mg+2]. The van der Waals surface area contributed by atoms with Crippen molar-refractivity contribution in [2.24, 2.45) is 0 Å². The minimum atomic E-state index is 0. The van der Waals surface area contributed by atoms with Gasteiger partial charge in [-0.25, -0.2) is 0 Å². The maximum Gasteiger partial charge on any atom is 2.00 e. The molecule has 0 aliphatic rings. The molecule has 2 heteroatoms. The first-order valence-corrected chi connectivity index (χ1v) is 4.36. The van der Waals surface area contributed by atoms with Crippen LogP contribution in [0.5, 0.6) is 0 Å². The van der Waals surface area contributed by atoms with Crippen molar-refractivity contribution in [1.82, 2.24) is 0 Å². The maximum atomic E-state index is 3.77. The predicted molar refractivity (Wildman–Crippen MR) is 53.6 cm³/mol. The third-order valence-corrected chi connectivity index (χ3v) is 1.51. The van der Waals surface area contributed by atoms with Crippen LogP contribution in [-0.2, 0) is 0 Å². The van der Waals surface area contributed by atoms with Crippen LogP contribution in [0.3, 0.4) is 0 Å². The van der Waals surface area contributed by atoms with Gasteiger partial charge in [-0.1, -0.05) is 38.3 Å². The van der Waals surface area contributed by atoms with Gasteiger partial charge in [0.2, 0.25) is 0 Å². The Hall–Kier alpha value is 0.796. The number of hydrogen-bond donors (Lipinski definition) is 0. The first-order valence-electron chi connectivity index (χ1n) is 4.36. The summed E-state index contributed by atoms with van der Waals surface area (Å²) in [4.78, 5) is 0. The van der Waals surface area contributed by atoms with E-state index in [0.717, 1.165) is 12.8 Å². The fraction of sp³-hybridized carbons (Fsp3) is 0.700. The maximum absolute atomic E-state index is 3.77. The van der Waals surface area contributed by atoms with E-state index in [1.54, 1.807) is 0 Å². The van der Waals surface area contributed by atoms with Gasteiger partial charge in [0, 0.05) is 0 Å². The van der Waals surface area contributed by atoms with Gasteiger partial charge < -0.3 is 19.3 Å². The van der Waals surface area contributed by atoms with Crippen molar-refractivity contribution >= 4 is 23.1 Å². The van der Waals surface area contributed by atoms with Crippen LogP contribution in [0.15, 0.2) is 12.2 Å².